The zero-order chi connectivity index (χ0) is 16.0. The van der Waals surface area contributed by atoms with E-state index >= 15 is 0 Å². The molecule has 0 saturated carbocycles. The molecule has 0 saturated heterocycles. The molecular formula is C17H29ClN2O2. The summed E-state index contributed by atoms with van der Waals surface area (Å²) in [6.45, 7) is 10.8. The molecule has 0 aliphatic rings. The van der Waals surface area contributed by atoms with E-state index in [1.807, 2.05) is 32.2 Å². The van der Waals surface area contributed by atoms with Crippen LogP contribution in [0.4, 0.5) is 0 Å². The number of ether oxygens (including phenoxy) is 1. The maximum Gasteiger partial charge on any atom is 0.260 e. The van der Waals surface area contributed by atoms with Crippen LogP contribution >= 0.6 is 12.4 Å². The highest BCUT2D eigenvalue weighted by Gasteiger charge is 2.17. The van der Waals surface area contributed by atoms with Crippen molar-refractivity contribution in [1.82, 2.24) is 10.6 Å². The highest BCUT2D eigenvalue weighted by Crippen LogP contribution is 2.26. The van der Waals surface area contributed by atoms with Crippen molar-refractivity contribution in [2.24, 2.45) is 0 Å². The second-order valence-electron chi connectivity index (χ2n) is 6.47. The highest BCUT2D eigenvalue weighted by molar-refractivity contribution is 5.85. The average molecular weight is 329 g/mol. The number of hydrogen-bond donors (Lipinski definition) is 2. The second-order valence-corrected chi connectivity index (χ2v) is 6.47. The van der Waals surface area contributed by atoms with Crippen molar-refractivity contribution in [3.05, 3.63) is 29.8 Å². The van der Waals surface area contributed by atoms with Gasteiger partial charge in [0.25, 0.3) is 5.91 Å². The molecule has 1 aromatic rings. The van der Waals surface area contributed by atoms with Crippen molar-refractivity contribution in [3.8, 4) is 5.75 Å². The van der Waals surface area contributed by atoms with Crippen molar-refractivity contribution in [1.29, 1.82) is 0 Å². The molecule has 0 radical (unpaired) electrons. The van der Waals surface area contributed by atoms with E-state index in [0.717, 1.165) is 5.75 Å². The molecule has 5 heteroatoms. The minimum atomic E-state index is -0.510. The summed E-state index contributed by atoms with van der Waals surface area (Å²) in [5.41, 5.74) is 1.25. The van der Waals surface area contributed by atoms with Gasteiger partial charge in [0.05, 0.1) is 0 Å². The fourth-order valence-electron chi connectivity index (χ4n) is 1.79. The standard InChI is InChI=1S/C17H28N2O2.ClH/c1-12(18-6)11-19-16(20)13(2)21-15-9-7-8-14(10-15)17(3,4)5;/h7-10,12-13,18H,11H2,1-6H3,(H,19,20);1H. The molecular weight excluding hydrogens is 300 g/mol. The first kappa shape index (κ1) is 20.7. The Hall–Kier alpha value is -1.26. The molecule has 0 fully saturated rings. The molecule has 0 aromatic heterocycles. The Labute approximate surface area is 140 Å². The van der Waals surface area contributed by atoms with Crippen molar-refractivity contribution in [2.75, 3.05) is 13.6 Å². The van der Waals surface area contributed by atoms with E-state index in [-0.39, 0.29) is 29.8 Å². The first-order valence-corrected chi connectivity index (χ1v) is 7.46. The van der Waals surface area contributed by atoms with E-state index < -0.39 is 6.10 Å². The van der Waals surface area contributed by atoms with Gasteiger partial charge in [0.1, 0.15) is 5.75 Å². The lowest BCUT2D eigenvalue weighted by atomic mass is 9.87. The van der Waals surface area contributed by atoms with Crippen molar-refractivity contribution >= 4 is 18.3 Å². The third-order valence-electron chi connectivity index (χ3n) is 3.46. The van der Waals surface area contributed by atoms with Crippen LogP contribution in [-0.2, 0) is 10.2 Å². The topological polar surface area (TPSA) is 50.4 Å². The van der Waals surface area contributed by atoms with Gasteiger partial charge < -0.3 is 15.4 Å². The Morgan fingerprint density at radius 3 is 2.45 bits per heavy atom. The van der Waals surface area contributed by atoms with Gasteiger partial charge in [0, 0.05) is 12.6 Å². The summed E-state index contributed by atoms with van der Waals surface area (Å²) < 4.78 is 5.75. The van der Waals surface area contributed by atoms with Crippen LogP contribution in [0.15, 0.2) is 24.3 Å². The summed E-state index contributed by atoms with van der Waals surface area (Å²) in [5, 5.41) is 5.95. The van der Waals surface area contributed by atoms with Gasteiger partial charge in [0.15, 0.2) is 6.10 Å². The van der Waals surface area contributed by atoms with Gasteiger partial charge in [-0.2, -0.15) is 0 Å². The van der Waals surface area contributed by atoms with Crippen molar-refractivity contribution in [2.45, 2.75) is 52.2 Å². The lowest BCUT2D eigenvalue weighted by Crippen LogP contribution is -2.42. The third kappa shape index (κ3) is 6.67. The first-order chi connectivity index (χ1) is 9.74. The molecule has 4 nitrogen and oxygen atoms in total. The molecule has 0 spiro atoms. The zero-order valence-corrected chi connectivity index (χ0v) is 15.2. The van der Waals surface area contributed by atoms with E-state index in [1.54, 1.807) is 6.92 Å². The van der Waals surface area contributed by atoms with Crippen molar-refractivity contribution in [3.63, 3.8) is 0 Å². The first-order valence-electron chi connectivity index (χ1n) is 7.46. The second kappa shape index (κ2) is 9.01. The molecule has 2 atom stereocenters. The molecule has 2 N–H and O–H groups in total. The Balaban J connectivity index is 0.00000441. The number of carbonyl (C=O) groups excluding carboxylic acids is 1. The maximum atomic E-state index is 12.0. The fraction of sp³-hybridized carbons (Fsp3) is 0.588. The van der Waals surface area contributed by atoms with Gasteiger partial charge in [0.2, 0.25) is 0 Å². The van der Waals surface area contributed by atoms with E-state index in [0.29, 0.717) is 6.54 Å². The summed E-state index contributed by atoms with van der Waals surface area (Å²) in [6, 6.07) is 8.16. The zero-order valence-electron chi connectivity index (χ0n) is 14.4. The summed E-state index contributed by atoms with van der Waals surface area (Å²) in [6.07, 6.45) is -0.510. The highest BCUT2D eigenvalue weighted by atomic mass is 35.5. The Kier molecular flexibility index (Phi) is 8.49. The van der Waals surface area contributed by atoms with Gasteiger partial charge in [-0.15, -0.1) is 12.4 Å². The molecule has 126 valence electrons. The quantitative estimate of drug-likeness (QED) is 0.844. The molecule has 22 heavy (non-hydrogen) atoms. The van der Waals surface area contributed by atoms with Crippen LogP contribution in [0.25, 0.3) is 0 Å². The number of hydrogen-bond acceptors (Lipinski definition) is 3. The molecule has 0 aliphatic carbocycles. The summed E-state index contributed by atoms with van der Waals surface area (Å²) in [5.74, 6) is 0.630. The molecule has 1 rings (SSSR count). The van der Waals surface area contributed by atoms with Crippen LogP contribution in [0.1, 0.15) is 40.2 Å². The lowest BCUT2D eigenvalue weighted by Gasteiger charge is -2.21. The van der Waals surface area contributed by atoms with E-state index in [2.05, 4.69) is 37.5 Å². The smallest absolute Gasteiger partial charge is 0.260 e. The van der Waals surface area contributed by atoms with Crippen LogP contribution in [0.2, 0.25) is 0 Å². The molecule has 0 bridgehead atoms. The summed E-state index contributed by atoms with van der Waals surface area (Å²) in [4.78, 5) is 12.0. The van der Waals surface area contributed by atoms with Crippen molar-refractivity contribution < 1.29 is 9.53 Å². The van der Waals surface area contributed by atoms with Crippen LogP contribution in [0, 0.1) is 0 Å². The predicted octanol–water partition coefficient (Wildman–Crippen LogP) is 2.90. The predicted molar refractivity (Wildman–Crippen MR) is 94.0 cm³/mol. The molecule has 1 aromatic carbocycles. The average Bonchev–Trinajstić information content (AvgIpc) is 2.43. The lowest BCUT2D eigenvalue weighted by molar-refractivity contribution is -0.127. The van der Waals surface area contributed by atoms with Gasteiger partial charge >= 0.3 is 0 Å². The molecule has 2 unspecified atom stereocenters. The van der Waals surface area contributed by atoms with Crippen LogP contribution < -0.4 is 15.4 Å². The fourth-order valence-corrected chi connectivity index (χ4v) is 1.79. The number of halogens is 1. The normalized spacial score (nSPS) is 13.7. The number of carbonyl (C=O) groups is 1. The Morgan fingerprint density at radius 1 is 1.27 bits per heavy atom. The number of rotatable bonds is 6. The Bertz CT molecular complexity index is 472. The minimum Gasteiger partial charge on any atom is -0.481 e. The van der Waals surface area contributed by atoms with E-state index in [1.165, 1.54) is 5.56 Å². The molecule has 1 amide bonds. The third-order valence-corrected chi connectivity index (χ3v) is 3.46. The molecule has 0 heterocycles. The summed E-state index contributed by atoms with van der Waals surface area (Å²) in [7, 11) is 1.87. The SMILES string of the molecule is CNC(C)CNC(=O)C(C)Oc1cccc(C(C)(C)C)c1.Cl. The van der Waals surface area contributed by atoms with Gasteiger partial charge in [-0.25, -0.2) is 0 Å². The van der Waals surface area contributed by atoms with Crippen LogP contribution in [0.3, 0.4) is 0 Å². The Morgan fingerprint density at radius 2 is 1.91 bits per heavy atom. The van der Waals surface area contributed by atoms with E-state index in [4.69, 9.17) is 4.74 Å². The molecule has 0 aliphatic heterocycles. The number of likely N-dealkylation sites (N-methyl/N-ethyl adjacent to an activating group) is 1. The van der Waals surface area contributed by atoms with Gasteiger partial charge in [-0.05, 0) is 44.0 Å². The van der Waals surface area contributed by atoms with Crippen LogP contribution in [0.5, 0.6) is 5.75 Å². The maximum absolute atomic E-state index is 12.0. The minimum absolute atomic E-state index is 0. The van der Waals surface area contributed by atoms with Gasteiger partial charge in [-0.3, -0.25) is 4.79 Å². The van der Waals surface area contributed by atoms with E-state index in [9.17, 15) is 4.79 Å². The van der Waals surface area contributed by atoms with Gasteiger partial charge in [-0.1, -0.05) is 32.9 Å². The largest absolute Gasteiger partial charge is 0.481 e. The summed E-state index contributed by atoms with van der Waals surface area (Å²) >= 11 is 0. The number of benzene rings is 1. The monoisotopic (exact) mass is 328 g/mol. The number of amides is 1. The van der Waals surface area contributed by atoms with Crippen LogP contribution in [-0.4, -0.2) is 31.6 Å². The number of nitrogens with one attached hydrogen (secondary N) is 2.